The van der Waals surface area contributed by atoms with Gasteiger partial charge in [0.25, 0.3) is 0 Å². The normalized spacial score (nSPS) is 16.0. The van der Waals surface area contributed by atoms with E-state index in [-0.39, 0.29) is 0 Å². The molecule has 2 heteroatoms. The zero-order valence-corrected chi connectivity index (χ0v) is 27.8. The van der Waals surface area contributed by atoms with Crippen molar-refractivity contribution in [1.82, 2.24) is 0 Å². The number of hydrogen-bond acceptors (Lipinski definition) is 2. The number of fused-ring (bicyclic) bond motifs is 1. The molecule has 0 fully saturated rings. The summed E-state index contributed by atoms with van der Waals surface area (Å²) >= 11 is 0. The first kappa shape index (κ1) is 30.5. The van der Waals surface area contributed by atoms with Crippen LogP contribution in [0.3, 0.4) is 0 Å². The van der Waals surface area contributed by atoms with Crippen molar-refractivity contribution in [1.29, 1.82) is 0 Å². The Kier molecular flexibility index (Phi) is 8.52. The van der Waals surface area contributed by atoms with Crippen LogP contribution in [0.15, 0.2) is 193 Å². The summed E-state index contributed by atoms with van der Waals surface area (Å²) in [5.74, 6) is 0. The quantitative estimate of drug-likeness (QED) is 0.180. The van der Waals surface area contributed by atoms with Crippen molar-refractivity contribution < 1.29 is 0 Å². The van der Waals surface area contributed by atoms with E-state index in [4.69, 9.17) is 0 Å². The highest BCUT2D eigenvalue weighted by Gasteiger charge is 2.21. The molecule has 0 N–H and O–H groups in total. The molecule has 0 saturated carbocycles. The van der Waals surface area contributed by atoms with Crippen LogP contribution >= 0.6 is 0 Å². The lowest BCUT2D eigenvalue weighted by molar-refractivity contribution is 0.659. The molecule has 1 heterocycles. The SMILES string of the molecule is C=C1/C=C\C=C/CN(c2ccc(-c3ccc(N(c4ccccc4)c4ccc(-c5ccc6ccccc6c5)cc4)cc3)cc2)C2=C1CCCC2. The largest absolute Gasteiger partial charge is 0.341 e. The van der Waals surface area contributed by atoms with Crippen molar-refractivity contribution in [2.75, 3.05) is 16.3 Å². The summed E-state index contributed by atoms with van der Waals surface area (Å²) in [6.45, 7) is 5.26. The first-order chi connectivity index (χ1) is 24.2. The first-order valence-electron chi connectivity index (χ1n) is 17.4. The van der Waals surface area contributed by atoms with Gasteiger partial charge in [-0.05, 0) is 124 Å². The average Bonchev–Trinajstić information content (AvgIpc) is 3.25. The van der Waals surface area contributed by atoms with Crippen LogP contribution in [-0.4, -0.2) is 6.54 Å². The van der Waals surface area contributed by atoms with Crippen molar-refractivity contribution in [3.63, 3.8) is 0 Å². The summed E-state index contributed by atoms with van der Waals surface area (Å²) in [6, 6.07) is 52.8. The number of benzene rings is 6. The molecule has 6 aromatic rings. The average molecular weight is 633 g/mol. The van der Waals surface area contributed by atoms with Gasteiger partial charge in [-0.25, -0.2) is 0 Å². The van der Waals surface area contributed by atoms with Crippen molar-refractivity contribution in [2.45, 2.75) is 25.7 Å². The molecule has 0 atom stereocenters. The van der Waals surface area contributed by atoms with Gasteiger partial charge in [-0.15, -0.1) is 0 Å². The second-order valence-electron chi connectivity index (χ2n) is 12.9. The number of para-hydroxylation sites is 1. The third kappa shape index (κ3) is 6.38. The van der Waals surface area contributed by atoms with Gasteiger partial charge < -0.3 is 9.80 Å². The molecular weight excluding hydrogens is 593 g/mol. The number of rotatable bonds is 6. The predicted octanol–water partition coefficient (Wildman–Crippen LogP) is 13.0. The van der Waals surface area contributed by atoms with Gasteiger partial charge in [0.05, 0.1) is 0 Å². The fraction of sp³-hybridized carbons (Fsp3) is 0.106. The van der Waals surface area contributed by atoms with Crippen LogP contribution in [0.2, 0.25) is 0 Å². The third-order valence-corrected chi connectivity index (χ3v) is 9.85. The molecule has 8 rings (SSSR count). The zero-order valence-electron chi connectivity index (χ0n) is 27.8. The van der Waals surface area contributed by atoms with Crippen LogP contribution in [0.4, 0.5) is 22.7 Å². The van der Waals surface area contributed by atoms with Crippen molar-refractivity contribution in [3.05, 3.63) is 193 Å². The zero-order chi connectivity index (χ0) is 33.0. The Labute approximate surface area is 290 Å². The lowest BCUT2D eigenvalue weighted by Crippen LogP contribution is -2.25. The van der Waals surface area contributed by atoms with Crippen LogP contribution in [-0.2, 0) is 0 Å². The molecule has 0 radical (unpaired) electrons. The van der Waals surface area contributed by atoms with Gasteiger partial charge >= 0.3 is 0 Å². The Balaban J connectivity index is 1.07. The number of nitrogens with zero attached hydrogens (tertiary/aromatic N) is 2. The van der Waals surface area contributed by atoms with Crippen molar-refractivity contribution in [3.8, 4) is 22.3 Å². The summed E-state index contributed by atoms with van der Waals surface area (Å²) in [5, 5.41) is 2.52. The molecule has 1 aliphatic heterocycles. The maximum atomic E-state index is 4.40. The minimum Gasteiger partial charge on any atom is -0.341 e. The summed E-state index contributed by atoms with van der Waals surface area (Å²) in [6.07, 6.45) is 13.3. The lowest BCUT2D eigenvalue weighted by atomic mass is 9.90. The fourth-order valence-corrected chi connectivity index (χ4v) is 7.25. The molecule has 0 saturated heterocycles. The molecule has 0 unspecified atom stereocenters. The molecule has 6 aromatic carbocycles. The third-order valence-electron chi connectivity index (χ3n) is 9.85. The van der Waals surface area contributed by atoms with Crippen molar-refractivity contribution >= 4 is 33.5 Å². The van der Waals surface area contributed by atoms with Crippen LogP contribution in [0.1, 0.15) is 25.7 Å². The fourth-order valence-electron chi connectivity index (χ4n) is 7.25. The summed E-state index contributed by atoms with van der Waals surface area (Å²) < 4.78 is 0. The Bertz CT molecular complexity index is 2180. The van der Waals surface area contributed by atoms with E-state index >= 15 is 0 Å². The first-order valence-corrected chi connectivity index (χ1v) is 17.4. The van der Waals surface area contributed by atoms with E-state index in [0.717, 1.165) is 42.0 Å². The standard InChI is InChI=1S/C47H40N2/c1-35-12-4-3-11-33-48(47-18-10-9-17-46(35)47)42-27-21-37(22-28-42)38-23-29-44(30-24-38)49(43-15-5-2-6-16-43)45-31-25-39(26-32-45)41-20-19-36-13-7-8-14-40(36)34-41/h2-8,11-16,19-32,34H,1,9-10,17-18,33H2/b11-3-,12-4-. The van der Waals surface area contributed by atoms with Gasteiger partial charge in [0.15, 0.2) is 0 Å². The van der Waals surface area contributed by atoms with Gasteiger partial charge in [-0.1, -0.05) is 122 Å². The van der Waals surface area contributed by atoms with E-state index in [1.165, 1.54) is 62.8 Å². The minimum atomic E-state index is 0.864. The molecule has 2 aliphatic rings. The minimum absolute atomic E-state index is 0.864. The summed E-state index contributed by atoms with van der Waals surface area (Å²) in [5.41, 5.74) is 13.5. The molecule has 0 bridgehead atoms. The molecule has 0 aromatic heterocycles. The van der Waals surface area contributed by atoms with E-state index in [1.807, 2.05) is 0 Å². The van der Waals surface area contributed by atoms with Crippen LogP contribution in [0, 0.1) is 0 Å². The van der Waals surface area contributed by atoms with E-state index in [2.05, 4.69) is 186 Å². The number of allylic oxidation sites excluding steroid dienone is 6. The molecule has 1 aliphatic carbocycles. The van der Waals surface area contributed by atoms with Gasteiger partial charge in [0, 0.05) is 35.0 Å². The highest BCUT2D eigenvalue weighted by molar-refractivity contribution is 5.88. The Morgan fingerprint density at radius 1 is 0.510 bits per heavy atom. The van der Waals surface area contributed by atoms with E-state index < -0.39 is 0 Å². The molecular formula is C47H40N2. The molecule has 238 valence electrons. The van der Waals surface area contributed by atoms with Gasteiger partial charge in [0.1, 0.15) is 0 Å². The molecule has 0 spiro atoms. The smallest absolute Gasteiger partial charge is 0.0462 e. The lowest BCUT2D eigenvalue weighted by Gasteiger charge is -2.32. The monoisotopic (exact) mass is 632 g/mol. The highest BCUT2D eigenvalue weighted by Crippen LogP contribution is 2.38. The predicted molar refractivity (Wildman–Crippen MR) is 210 cm³/mol. The van der Waals surface area contributed by atoms with Gasteiger partial charge in [-0.2, -0.15) is 0 Å². The summed E-state index contributed by atoms with van der Waals surface area (Å²) in [7, 11) is 0. The molecule has 0 amide bonds. The van der Waals surface area contributed by atoms with Crippen molar-refractivity contribution in [2.24, 2.45) is 0 Å². The Morgan fingerprint density at radius 2 is 1.08 bits per heavy atom. The summed E-state index contributed by atoms with van der Waals surface area (Å²) in [4.78, 5) is 4.81. The second kappa shape index (κ2) is 13.7. The maximum Gasteiger partial charge on any atom is 0.0462 e. The Hall–Kier alpha value is -5.86. The molecule has 49 heavy (non-hydrogen) atoms. The van der Waals surface area contributed by atoms with Gasteiger partial charge in [-0.3, -0.25) is 0 Å². The van der Waals surface area contributed by atoms with Crippen LogP contribution < -0.4 is 9.80 Å². The highest BCUT2D eigenvalue weighted by atomic mass is 15.1. The van der Waals surface area contributed by atoms with E-state index in [0.29, 0.717) is 0 Å². The van der Waals surface area contributed by atoms with Crippen LogP contribution in [0.5, 0.6) is 0 Å². The van der Waals surface area contributed by atoms with Crippen LogP contribution in [0.25, 0.3) is 33.0 Å². The Morgan fingerprint density at radius 3 is 1.80 bits per heavy atom. The van der Waals surface area contributed by atoms with E-state index in [1.54, 1.807) is 0 Å². The number of anilines is 4. The van der Waals surface area contributed by atoms with E-state index in [9.17, 15) is 0 Å². The maximum absolute atomic E-state index is 4.40. The second-order valence-corrected chi connectivity index (χ2v) is 12.9. The number of hydrogen-bond donors (Lipinski definition) is 0. The topological polar surface area (TPSA) is 6.48 Å². The van der Waals surface area contributed by atoms with Gasteiger partial charge in [0.2, 0.25) is 0 Å². The molecule has 2 nitrogen and oxygen atoms in total.